The van der Waals surface area contributed by atoms with E-state index in [0.29, 0.717) is 61.2 Å². The van der Waals surface area contributed by atoms with E-state index in [1.807, 2.05) is 48.5 Å². The number of benzene rings is 6. The van der Waals surface area contributed by atoms with E-state index in [1.54, 1.807) is 61.2 Å². The number of methoxy groups -OCH3 is 1. The minimum atomic E-state index is -1.12. The number of nitrogens with zero attached hydrogens (tertiary/aromatic N) is 1. The van der Waals surface area contributed by atoms with Crippen molar-refractivity contribution in [2.75, 3.05) is 32.1 Å². The number of rotatable bonds is 35. The second-order valence-electron chi connectivity index (χ2n) is 30.1. The molecule has 6 aromatic rings. The number of fused-ring (bicyclic) bond motifs is 5. The van der Waals surface area contributed by atoms with Crippen LogP contribution in [0.1, 0.15) is 194 Å². The first kappa shape index (κ1) is 76.5. The molecule has 17 nitrogen and oxygen atoms in total. The van der Waals surface area contributed by atoms with Crippen LogP contribution in [-0.4, -0.2) is 85.9 Å². The number of carboxylic acid groups (broad SMARTS) is 1. The molecule has 6 N–H and O–H groups in total. The number of hydrogen-bond acceptors (Lipinski definition) is 12. The Balaban J connectivity index is 0.734. The molecule has 10 rings (SSSR count). The molecule has 0 aromatic heterocycles. The monoisotopic (exact) mass is 1400 g/mol. The van der Waals surface area contributed by atoms with Crippen molar-refractivity contribution in [1.29, 1.82) is 5.26 Å². The number of ether oxygens (including phenoxy) is 4. The highest BCUT2D eigenvalue weighted by Crippen LogP contribution is 2.67. The van der Waals surface area contributed by atoms with Crippen LogP contribution in [0.2, 0.25) is 0 Å². The third kappa shape index (κ3) is 20.0. The smallest absolute Gasteiger partial charge is 0.497 e. The molecule has 6 aromatic carbocycles. The molecule has 4 amide bonds. The highest BCUT2D eigenvalue weighted by Gasteiger charge is 2.59. The van der Waals surface area contributed by atoms with Gasteiger partial charge in [-0.2, -0.15) is 5.26 Å². The SMILES string of the molecule is COc1ccc(C(NCCCC[C@H](NC(=O)C[C@H](Cc2ccc(C#N)cc2)NC(=O)CCC(=O)NCCCO[C@H]2CC[C@@]3(C)C(=CC[C@H]4[C@@H]5CC[C@H]([C@H](C)CCCC(C)C)[C@@]5(C)CC[C@@H]43)C2)C(=O)Nc2ccc(COC(=O)Oc3ccc(C(=O)O)cc3)cc2)(c2ccccc2)c2ccccc2)cc1. The summed E-state index contributed by atoms with van der Waals surface area (Å²) >= 11 is 0. The number of nitriles is 1. The van der Waals surface area contributed by atoms with Gasteiger partial charge < -0.3 is 45.3 Å². The summed E-state index contributed by atoms with van der Waals surface area (Å²) in [6.45, 7) is 13.8. The van der Waals surface area contributed by atoms with Crippen LogP contribution in [0.3, 0.4) is 0 Å². The van der Waals surface area contributed by atoms with E-state index in [2.05, 4.69) is 110 Å². The maximum atomic E-state index is 14.5. The van der Waals surface area contributed by atoms with E-state index in [-0.39, 0.29) is 67.5 Å². The van der Waals surface area contributed by atoms with Crippen molar-refractivity contribution in [2.45, 2.75) is 187 Å². The van der Waals surface area contributed by atoms with Gasteiger partial charge in [0.1, 0.15) is 24.1 Å². The predicted octanol–water partition coefficient (Wildman–Crippen LogP) is 16.0. The lowest BCUT2D eigenvalue weighted by Gasteiger charge is -2.58. The molecular weight excluding hydrogens is 1290 g/mol. The van der Waals surface area contributed by atoms with Crippen molar-refractivity contribution in [3.05, 3.63) is 208 Å². The molecule has 0 bridgehead atoms. The number of aromatic carboxylic acids is 1. The Morgan fingerprint density at radius 1 is 0.660 bits per heavy atom. The van der Waals surface area contributed by atoms with Crippen molar-refractivity contribution in [3.63, 3.8) is 0 Å². The zero-order chi connectivity index (χ0) is 72.9. The fourth-order valence-corrected chi connectivity index (χ4v) is 17.5. The van der Waals surface area contributed by atoms with Crippen LogP contribution in [0.25, 0.3) is 0 Å². The molecule has 4 aliphatic carbocycles. The lowest BCUT2D eigenvalue weighted by atomic mass is 9.47. The molecule has 10 atom stereocenters. The maximum Gasteiger partial charge on any atom is 0.514 e. The Bertz CT molecular complexity index is 3820. The standard InChI is InChI=1S/C86H106N6O11/c1-58(2)17-15-18-59(3)74-42-43-75-73-41-34-67-54-72(46-48-84(67,4)76(73)47-49-85(74,75)5)101-52-16-50-88-78(93)44-45-79(94)90-69(53-60-24-26-61(56-87)27-25-60)55-80(95)92-77(81(96)91-68-35-28-62(29-36-68)57-102-83(99)103-71-37-30-63(31-38-71)82(97)98)23-13-14-51-89-86(64-19-9-7-10-20-64,65-21-11-8-12-22-65)66-32-39-70(100-6)40-33-66/h7-12,19-22,24-40,58-59,69,72-77,89H,13-18,23,41-55,57H2,1-6H3,(H,88,93)(H,90,94)(H,91,96)(H,92,95)(H,97,98)/t59-,69+,72+,73+,74-,75+,76+,77+,84+,85-/m1/s1. The van der Waals surface area contributed by atoms with E-state index in [0.717, 1.165) is 82.8 Å². The lowest BCUT2D eigenvalue weighted by molar-refractivity contribution is -0.128. The average molecular weight is 1400 g/mol. The molecule has 103 heavy (non-hydrogen) atoms. The lowest BCUT2D eigenvalue weighted by Crippen LogP contribution is -2.51. The molecule has 0 heterocycles. The van der Waals surface area contributed by atoms with Gasteiger partial charge in [-0.25, -0.2) is 9.59 Å². The van der Waals surface area contributed by atoms with Gasteiger partial charge in [-0.05, 0) is 225 Å². The van der Waals surface area contributed by atoms with Crippen molar-refractivity contribution in [2.24, 2.45) is 46.3 Å². The Kier molecular flexibility index (Phi) is 27.0. The van der Waals surface area contributed by atoms with Crippen LogP contribution in [0.4, 0.5) is 10.5 Å². The van der Waals surface area contributed by atoms with Crippen molar-refractivity contribution in [1.82, 2.24) is 21.3 Å². The van der Waals surface area contributed by atoms with E-state index in [1.165, 1.54) is 75.6 Å². The summed E-state index contributed by atoms with van der Waals surface area (Å²) in [7, 11) is 1.64. The number of anilines is 1. The second-order valence-corrected chi connectivity index (χ2v) is 30.1. The van der Waals surface area contributed by atoms with Crippen LogP contribution in [0.15, 0.2) is 169 Å². The van der Waals surface area contributed by atoms with Gasteiger partial charge in [0.05, 0.1) is 35.9 Å². The van der Waals surface area contributed by atoms with E-state index in [9.17, 15) is 39.1 Å². The largest absolute Gasteiger partial charge is 0.514 e. The number of carbonyl (C=O) groups is 6. The molecule has 17 heteroatoms. The third-order valence-electron chi connectivity index (χ3n) is 23.0. The molecule has 3 fully saturated rings. The molecule has 0 aliphatic heterocycles. The van der Waals surface area contributed by atoms with Crippen LogP contribution < -0.4 is 36.1 Å². The number of allylic oxidation sites excluding steroid dienone is 1. The Morgan fingerprint density at radius 3 is 2.00 bits per heavy atom. The molecule has 0 radical (unpaired) electrons. The van der Waals surface area contributed by atoms with Crippen molar-refractivity contribution >= 4 is 41.4 Å². The summed E-state index contributed by atoms with van der Waals surface area (Å²) in [5, 5.41) is 34.7. The van der Waals surface area contributed by atoms with Crippen LogP contribution >= 0.6 is 0 Å². The van der Waals surface area contributed by atoms with Gasteiger partial charge in [-0.1, -0.05) is 163 Å². The van der Waals surface area contributed by atoms with Crippen molar-refractivity contribution in [3.8, 4) is 17.6 Å². The summed E-state index contributed by atoms with van der Waals surface area (Å²) in [5.41, 5.74) is 6.85. The number of carbonyl (C=O) groups excluding carboxylic acids is 5. The van der Waals surface area contributed by atoms with Gasteiger partial charge >= 0.3 is 12.1 Å². The first-order valence-electron chi connectivity index (χ1n) is 37.5. The Labute approximate surface area is 609 Å². The second kappa shape index (κ2) is 36.4. The molecule has 0 spiro atoms. The Morgan fingerprint density at radius 2 is 1.33 bits per heavy atom. The van der Waals surface area contributed by atoms with Crippen LogP contribution in [-0.2, 0) is 47.2 Å². The summed E-state index contributed by atoms with van der Waals surface area (Å²) in [4.78, 5) is 79.9. The third-order valence-corrected chi connectivity index (χ3v) is 23.0. The summed E-state index contributed by atoms with van der Waals surface area (Å²) in [6.07, 6.45) is 17.6. The predicted molar refractivity (Wildman–Crippen MR) is 400 cm³/mol. The van der Waals surface area contributed by atoms with E-state index in [4.69, 9.17) is 18.9 Å². The zero-order valence-corrected chi connectivity index (χ0v) is 61.0. The highest BCUT2D eigenvalue weighted by molar-refractivity contribution is 5.97. The normalized spacial score (nSPS) is 21.3. The summed E-state index contributed by atoms with van der Waals surface area (Å²) < 4.78 is 22.6. The Hall–Kier alpha value is -9.11. The first-order chi connectivity index (χ1) is 49.8. The fourth-order valence-electron chi connectivity index (χ4n) is 17.5. The fraction of sp³-hybridized carbons (Fsp3) is 0.477. The molecule has 0 saturated heterocycles. The van der Waals surface area contributed by atoms with Gasteiger partial charge in [0.2, 0.25) is 23.6 Å². The molecular formula is C86H106N6O11. The van der Waals surface area contributed by atoms with E-state index >= 15 is 0 Å². The summed E-state index contributed by atoms with van der Waals surface area (Å²) in [6, 6.07) is 47.7. The van der Waals surface area contributed by atoms with Gasteiger partial charge in [0.15, 0.2) is 0 Å². The first-order valence-corrected chi connectivity index (χ1v) is 37.5. The molecule has 4 aliphatic rings. The van der Waals surface area contributed by atoms with Gasteiger partial charge in [0, 0.05) is 44.1 Å². The quantitative estimate of drug-likeness (QED) is 0.00714. The van der Waals surface area contributed by atoms with Gasteiger partial charge in [-0.15, -0.1) is 0 Å². The number of nitrogens with one attached hydrogen (secondary N) is 5. The number of carboxylic acids is 1. The molecule has 0 unspecified atom stereocenters. The van der Waals surface area contributed by atoms with Crippen LogP contribution in [0.5, 0.6) is 11.5 Å². The number of amides is 4. The highest BCUT2D eigenvalue weighted by atomic mass is 16.7. The molecule has 546 valence electrons. The zero-order valence-electron chi connectivity index (χ0n) is 61.0. The number of unbranched alkanes of at least 4 members (excludes halogenated alkanes) is 1. The van der Waals surface area contributed by atoms with Crippen LogP contribution in [0, 0.1) is 57.7 Å². The van der Waals surface area contributed by atoms with Gasteiger partial charge in [0.25, 0.3) is 0 Å². The minimum absolute atomic E-state index is 0.0356. The van der Waals surface area contributed by atoms with Gasteiger partial charge in [-0.3, -0.25) is 24.5 Å². The summed E-state index contributed by atoms with van der Waals surface area (Å²) in [5.74, 6) is 2.88. The average Bonchev–Trinajstić information content (AvgIpc) is 1.70. The minimum Gasteiger partial charge on any atom is -0.497 e. The number of hydrogen-bond donors (Lipinski definition) is 6. The maximum absolute atomic E-state index is 14.5. The topological polar surface area (TPSA) is 244 Å². The molecule has 3 saturated carbocycles. The van der Waals surface area contributed by atoms with E-state index < -0.39 is 47.5 Å². The van der Waals surface area contributed by atoms with Crippen molar-refractivity contribution < 1.29 is 52.8 Å².